The Balaban J connectivity index is 0.00000243. The molecule has 0 spiro atoms. The maximum atomic E-state index is 13.2. The van der Waals surface area contributed by atoms with E-state index in [4.69, 9.17) is 0 Å². The Morgan fingerprint density at radius 2 is 1.96 bits per heavy atom. The molecule has 0 atom stereocenters. The van der Waals surface area contributed by atoms with Gasteiger partial charge in [0.2, 0.25) is 5.91 Å². The summed E-state index contributed by atoms with van der Waals surface area (Å²) in [5, 5.41) is 13.4. The topological polar surface area (TPSA) is 88.1 Å². The minimum absolute atomic E-state index is 0. The van der Waals surface area contributed by atoms with Crippen LogP contribution in [0, 0.1) is 6.92 Å². The van der Waals surface area contributed by atoms with E-state index < -0.39 is 5.54 Å². The molecule has 1 aliphatic rings. The average molecular weight is 378 g/mol. The molecule has 2 amide bonds. The molecule has 7 nitrogen and oxygen atoms in total. The Morgan fingerprint density at radius 1 is 1.23 bits per heavy atom. The van der Waals surface area contributed by atoms with Crippen molar-refractivity contribution < 1.29 is 9.59 Å². The fourth-order valence-electron chi connectivity index (χ4n) is 3.20. The Labute approximate surface area is 159 Å². The van der Waals surface area contributed by atoms with Crippen LogP contribution >= 0.6 is 12.4 Å². The van der Waals surface area contributed by atoms with Gasteiger partial charge in [0.15, 0.2) is 0 Å². The first-order valence-electron chi connectivity index (χ1n) is 8.42. The summed E-state index contributed by atoms with van der Waals surface area (Å²) in [7, 11) is 0. The van der Waals surface area contributed by atoms with E-state index in [0.29, 0.717) is 24.2 Å². The quantitative estimate of drug-likeness (QED) is 0.762. The third kappa shape index (κ3) is 4.05. The first-order chi connectivity index (χ1) is 12.0. The van der Waals surface area contributed by atoms with Crippen LogP contribution in [0.5, 0.6) is 0 Å². The molecule has 1 fully saturated rings. The van der Waals surface area contributed by atoms with E-state index in [-0.39, 0.29) is 24.2 Å². The van der Waals surface area contributed by atoms with Gasteiger partial charge in [0.05, 0.1) is 0 Å². The lowest BCUT2D eigenvalue weighted by Crippen LogP contribution is -2.52. The second kappa shape index (κ2) is 8.33. The van der Waals surface area contributed by atoms with Crippen molar-refractivity contribution in [1.29, 1.82) is 0 Å². The number of halogens is 1. The molecule has 8 heteroatoms. The van der Waals surface area contributed by atoms with Gasteiger partial charge in [0.1, 0.15) is 5.54 Å². The van der Waals surface area contributed by atoms with Crippen molar-refractivity contribution in [3.05, 3.63) is 42.2 Å². The van der Waals surface area contributed by atoms with E-state index in [0.717, 1.165) is 18.7 Å². The number of nitrogens with zero attached hydrogens (tertiary/aromatic N) is 2. The molecule has 3 rings (SSSR count). The largest absolute Gasteiger partial charge is 0.326 e. The number of hydrogen-bond acceptors (Lipinski definition) is 4. The van der Waals surface area contributed by atoms with Crippen molar-refractivity contribution in [2.75, 3.05) is 23.7 Å². The monoisotopic (exact) mass is 377 g/mol. The standard InChI is InChI=1S/C18H23N5O2.ClH/c1-13-4-5-15(21-14(2)24)12-16(13)22-17(25)18(6-9-19-10-7-18)23-11-3-8-20-23;/h3-5,8,11-12,19H,6-7,9-10H2,1-2H3,(H,21,24)(H,22,25);1H. The van der Waals surface area contributed by atoms with Crippen LogP contribution in [0.25, 0.3) is 0 Å². The molecule has 140 valence electrons. The lowest BCUT2D eigenvalue weighted by atomic mass is 9.87. The van der Waals surface area contributed by atoms with Crippen molar-refractivity contribution in [3.8, 4) is 0 Å². The van der Waals surface area contributed by atoms with Crippen LogP contribution in [0.4, 0.5) is 11.4 Å². The highest BCUT2D eigenvalue weighted by Crippen LogP contribution is 2.30. The zero-order valence-electron chi connectivity index (χ0n) is 14.9. The number of aryl methyl sites for hydroxylation is 1. The van der Waals surface area contributed by atoms with Crippen molar-refractivity contribution in [2.24, 2.45) is 0 Å². The molecule has 0 bridgehead atoms. The summed E-state index contributed by atoms with van der Waals surface area (Å²) in [6, 6.07) is 7.32. The van der Waals surface area contributed by atoms with E-state index in [9.17, 15) is 9.59 Å². The van der Waals surface area contributed by atoms with Gasteiger partial charge in [-0.2, -0.15) is 5.10 Å². The third-order valence-electron chi connectivity index (χ3n) is 4.60. The molecule has 0 unspecified atom stereocenters. The molecular weight excluding hydrogens is 354 g/mol. The predicted octanol–water partition coefficient (Wildman–Crippen LogP) is 2.29. The first kappa shape index (κ1) is 19.9. The van der Waals surface area contributed by atoms with E-state index >= 15 is 0 Å². The maximum absolute atomic E-state index is 13.2. The molecule has 2 heterocycles. The van der Waals surface area contributed by atoms with Gasteiger partial charge in [-0.25, -0.2) is 0 Å². The van der Waals surface area contributed by atoms with Gasteiger partial charge < -0.3 is 16.0 Å². The number of carbonyl (C=O) groups is 2. The number of carbonyl (C=O) groups excluding carboxylic acids is 2. The van der Waals surface area contributed by atoms with Crippen LogP contribution in [-0.4, -0.2) is 34.7 Å². The van der Waals surface area contributed by atoms with Gasteiger partial charge in [0, 0.05) is 30.7 Å². The maximum Gasteiger partial charge on any atom is 0.252 e. The zero-order chi connectivity index (χ0) is 17.9. The highest BCUT2D eigenvalue weighted by molar-refractivity contribution is 5.98. The van der Waals surface area contributed by atoms with E-state index in [2.05, 4.69) is 21.0 Å². The molecule has 0 aliphatic carbocycles. The Kier molecular flexibility index (Phi) is 6.39. The average Bonchev–Trinajstić information content (AvgIpc) is 3.13. The molecule has 1 aromatic heterocycles. The van der Waals surface area contributed by atoms with Crippen LogP contribution in [0.1, 0.15) is 25.3 Å². The summed E-state index contributed by atoms with van der Waals surface area (Å²) in [4.78, 5) is 24.5. The fourth-order valence-corrected chi connectivity index (χ4v) is 3.20. The lowest BCUT2D eigenvalue weighted by molar-refractivity contribution is -0.126. The smallest absolute Gasteiger partial charge is 0.252 e. The van der Waals surface area contributed by atoms with Crippen molar-refractivity contribution in [2.45, 2.75) is 32.2 Å². The number of rotatable bonds is 4. The minimum atomic E-state index is -0.703. The number of nitrogens with one attached hydrogen (secondary N) is 3. The van der Waals surface area contributed by atoms with Crippen LogP contribution < -0.4 is 16.0 Å². The summed E-state index contributed by atoms with van der Waals surface area (Å²) in [5.74, 6) is -0.228. The van der Waals surface area contributed by atoms with Gasteiger partial charge >= 0.3 is 0 Å². The summed E-state index contributed by atoms with van der Waals surface area (Å²) in [6.07, 6.45) is 4.88. The van der Waals surface area contributed by atoms with Gasteiger partial charge in [-0.1, -0.05) is 6.07 Å². The van der Waals surface area contributed by atoms with E-state index in [1.807, 2.05) is 31.3 Å². The zero-order valence-corrected chi connectivity index (χ0v) is 15.7. The lowest BCUT2D eigenvalue weighted by Gasteiger charge is -2.36. The Morgan fingerprint density at radius 3 is 2.58 bits per heavy atom. The van der Waals surface area contributed by atoms with Gasteiger partial charge in [0.25, 0.3) is 5.91 Å². The molecule has 0 saturated carbocycles. The number of anilines is 2. The van der Waals surface area contributed by atoms with Crippen molar-refractivity contribution in [3.63, 3.8) is 0 Å². The molecule has 1 saturated heterocycles. The molecule has 2 aromatic rings. The van der Waals surface area contributed by atoms with Crippen LogP contribution in [0.3, 0.4) is 0 Å². The Hall–Kier alpha value is -2.38. The normalized spacial score (nSPS) is 15.6. The van der Waals surface area contributed by atoms with Crippen LogP contribution in [0.15, 0.2) is 36.7 Å². The summed E-state index contributed by atoms with van der Waals surface area (Å²) in [6.45, 7) is 4.91. The van der Waals surface area contributed by atoms with Gasteiger partial charge in [-0.3, -0.25) is 14.3 Å². The molecule has 0 radical (unpaired) electrons. The Bertz CT molecular complexity index is 770. The summed E-state index contributed by atoms with van der Waals surface area (Å²) >= 11 is 0. The number of piperidine rings is 1. The van der Waals surface area contributed by atoms with Crippen molar-refractivity contribution >= 4 is 35.6 Å². The van der Waals surface area contributed by atoms with Gasteiger partial charge in [-0.15, -0.1) is 12.4 Å². The number of aromatic nitrogens is 2. The highest BCUT2D eigenvalue weighted by Gasteiger charge is 2.42. The summed E-state index contributed by atoms with van der Waals surface area (Å²) in [5.41, 5.74) is 1.59. The third-order valence-corrected chi connectivity index (χ3v) is 4.60. The molecule has 1 aromatic carbocycles. The van der Waals surface area contributed by atoms with E-state index in [1.165, 1.54) is 6.92 Å². The van der Waals surface area contributed by atoms with Crippen LogP contribution in [-0.2, 0) is 15.1 Å². The fraction of sp³-hybridized carbons (Fsp3) is 0.389. The second-order valence-corrected chi connectivity index (χ2v) is 6.40. The number of amides is 2. The van der Waals surface area contributed by atoms with Crippen LogP contribution in [0.2, 0.25) is 0 Å². The molecule has 26 heavy (non-hydrogen) atoms. The minimum Gasteiger partial charge on any atom is -0.326 e. The van der Waals surface area contributed by atoms with Gasteiger partial charge in [-0.05, 0) is 56.6 Å². The number of hydrogen-bond donors (Lipinski definition) is 3. The predicted molar refractivity (Wildman–Crippen MR) is 104 cm³/mol. The summed E-state index contributed by atoms with van der Waals surface area (Å²) < 4.78 is 1.76. The molecule has 3 N–H and O–H groups in total. The molecular formula is C18H24ClN5O2. The second-order valence-electron chi connectivity index (χ2n) is 6.40. The van der Waals surface area contributed by atoms with E-state index in [1.54, 1.807) is 16.9 Å². The molecule has 1 aliphatic heterocycles. The van der Waals surface area contributed by atoms with Crippen molar-refractivity contribution in [1.82, 2.24) is 15.1 Å². The first-order valence-corrected chi connectivity index (χ1v) is 8.42. The highest BCUT2D eigenvalue weighted by atomic mass is 35.5. The SMILES string of the molecule is CC(=O)Nc1ccc(C)c(NC(=O)C2(n3cccn3)CCNCC2)c1.Cl. The number of benzene rings is 1.